The predicted molar refractivity (Wildman–Crippen MR) is 62.3 cm³/mol. The molecule has 0 amide bonds. The molecular weight excluding hydrogens is 388 g/mol. The zero-order chi connectivity index (χ0) is 4.50. The molecule has 0 radical (unpaired) electrons. The van der Waals surface area contributed by atoms with E-state index in [-0.39, 0.29) is 61.2 Å². The summed E-state index contributed by atoms with van der Waals surface area (Å²) in [5.74, 6) is 0. The predicted octanol–water partition coefficient (Wildman–Crippen LogP) is -5.03. The second kappa shape index (κ2) is 45.5. The molecule has 0 unspecified atom stereocenters. The maximum atomic E-state index is 5.04. The fourth-order valence-electron chi connectivity index (χ4n) is 0. The molecule has 0 aromatic heterocycles. The van der Waals surface area contributed by atoms with Crippen LogP contribution in [0.3, 0.4) is 0 Å². The summed E-state index contributed by atoms with van der Waals surface area (Å²) in [6.45, 7) is 0. The molecule has 8 nitrogen and oxygen atoms in total. The molecule has 0 aliphatic carbocycles. The van der Waals surface area contributed by atoms with E-state index >= 15 is 0 Å². The first-order chi connectivity index (χ1) is 2.00. The van der Waals surface area contributed by atoms with E-state index < -0.39 is 15.5 Å². The van der Waals surface area contributed by atoms with Gasteiger partial charge in [-0.2, -0.15) is 0 Å². The van der Waals surface area contributed by atoms with E-state index in [0.29, 0.717) is 0 Å². The van der Waals surface area contributed by atoms with E-state index in [1.54, 1.807) is 0 Å². The Hall–Kier alpha value is 2.26. The molecule has 0 aliphatic rings. The fourth-order valence-corrected chi connectivity index (χ4v) is 0. The van der Waals surface area contributed by atoms with Crippen molar-refractivity contribution in [3.63, 3.8) is 0 Å². The molecule has 0 heterocycles. The molecule has 0 rings (SSSR count). The molecule has 0 atom stereocenters. The van der Waals surface area contributed by atoms with E-state index in [1.165, 1.54) is 0 Å². The third kappa shape index (κ3) is 492. The Kier molecular flexibility index (Phi) is 314. The van der Waals surface area contributed by atoms with Gasteiger partial charge in [0.2, 0.25) is 0 Å². The van der Waals surface area contributed by atoms with Gasteiger partial charge in [-0.05, 0) is 0 Å². The van der Waals surface area contributed by atoms with Crippen molar-refractivity contribution in [3.05, 3.63) is 0 Å². The molecule has 0 fully saturated rings. The van der Waals surface area contributed by atoms with E-state index in [2.05, 4.69) is 0 Å². The summed E-state index contributed by atoms with van der Waals surface area (Å²) < 4.78 is 0. The van der Waals surface area contributed by atoms with Gasteiger partial charge in [0.1, 0.15) is 0 Å². The Balaban J connectivity index is -0.00000000222. The molecule has 0 aromatic carbocycles. The van der Waals surface area contributed by atoms with Crippen LogP contribution >= 0.6 is 34.1 Å². The zero-order valence-corrected chi connectivity index (χ0v) is 11.5. The van der Waals surface area contributed by atoms with Crippen molar-refractivity contribution < 1.29 is 59.3 Å². The van der Waals surface area contributed by atoms with Gasteiger partial charge in [-0.15, -0.1) is 0 Å². The zero-order valence-electron chi connectivity index (χ0n) is 6.01. The fraction of sp³-hybridized carbons (Fsp3) is 0. The van der Waals surface area contributed by atoms with Gasteiger partial charge in [0, 0.05) is 0 Å². The minimum atomic E-state index is -3.29. The maximum absolute atomic E-state index is 5.04. The van der Waals surface area contributed by atoms with Crippen LogP contribution in [-0.2, 0) is 15.5 Å². The topological polar surface area (TPSA) is 252 Å². The van der Waals surface area contributed by atoms with Crippen LogP contribution in [0.1, 0.15) is 0 Å². The van der Waals surface area contributed by atoms with E-state index in [1.807, 2.05) is 0 Å². The first-order valence-electron chi connectivity index (χ1n) is 0.756. The summed E-state index contributed by atoms with van der Waals surface area (Å²) in [4.78, 5) is 0. The Morgan fingerprint density at radius 3 is 0.429 bits per heavy atom. The van der Waals surface area contributed by atoms with Gasteiger partial charge in [0.05, 0.1) is 0 Å². The van der Waals surface area contributed by atoms with Crippen LogP contribution in [0.5, 0.6) is 0 Å². The summed E-state index contributed by atoms with van der Waals surface area (Å²) in [6.07, 6.45) is 0. The van der Waals surface area contributed by atoms with Gasteiger partial charge >= 0.3 is 49.5 Å². The van der Waals surface area contributed by atoms with E-state index in [0.717, 1.165) is 0 Å². The van der Waals surface area contributed by atoms with Crippen LogP contribution in [0.2, 0.25) is 0 Å². The molecule has 102 valence electrons. The molecule has 0 aromatic rings. The summed E-state index contributed by atoms with van der Waals surface area (Å²) in [7, 11) is 20.1. The van der Waals surface area contributed by atoms with Gasteiger partial charge in [0.15, 0.2) is 17.4 Å². The van der Waals surface area contributed by atoms with Crippen molar-refractivity contribution in [2.75, 3.05) is 0 Å². The van der Waals surface area contributed by atoms with E-state index in [9.17, 15) is 0 Å². The Labute approximate surface area is 110 Å². The van der Waals surface area contributed by atoms with Crippen LogP contribution in [0.25, 0.3) is 0 Å². The normalized spacial score (nSPS) is 4.29. The number of rotatable bonds is 0. The number of hydrogen-bond donors (Lipinski definition) is 0. The minimum absolute atomic E-state index is 0. The van der Waals surface area contributed by atoms with E-state index in [4.69, 9.17) is 34.1 Å². The quantitative estimate of drug-likeness (QED) is 0.342. The third-order valence-electron chi connectivity index (χ3n) is 0. The third-order valence-corrected chi connectivity index (χ3v) is 0. The van der Waals surface area contributed by atoms with Crippen molar-refractivity contribution in [2.24, 2.45) is 0 Å². The Morgan fingerprint density at radius 2 is 0.429 bits per heavy atom. The summed E-state index contributed by atoms with van der Waals surface area (Å²) >= 11 is -3.29. The summed E-state index contributed by atoms with van der Waals surface area (Å²) in [5.41, 5.74) is 0. The SMILES string of the molecule is O.O.O.O.O.O.O.O.[AlH3].[Cl][Zr]([Cl])([Cl])[Cl]. The van der Waals surface area contributed by atoms with Crippen molar-refractivity contribution in [3.8, 4) is 0 Å². The van der Waals surface area contributed by atoms with Gasteiger partial charge < -0.3 is 43.8 Å². The second-order valence-electron chi connectivity index (χ2n) is 0.429. The van der Waals surface area contributed by atoms with Gasteiger partial charge in [-0.3, -0.25) is 0 Å². The van der Waals surface area contributed by atoms with Crippen LogP contribution in [-0.4, -0.2) is 61.2 Å². The monoisotopic (exact) mass is 404 g/mol. The average Bonchev–Trinajstić information content (AvgIpc) is 0.722. The van der Waals surface area contributed by atoms with Crippen molar-refractivity contribution in [1.82, 2.24) is 0 Å². The number of halogens is 4. The van der Waals surface area contributed by atoms with Crippen LogP contribution in [0.15, 0.2) is 0 Å². The van der Waals surface area contributed by atoms with Gasteiger partial charge in [-0.25, -0.2) is 0 Å². The Morgan fingerprint density at radius 1 is 0.429 bits per heavy atom. The van der Waals surface area contributed by atoms with Crippen molar-refractivity contribution in [2.45, 2.75) is 0 Å². The molecule has 0 spiro atoms. The summed E-state index contributed by atoms with van der Waals surface area (Å²) in [6, 6.07) is 0. The standard InChI is InChI=1S/Al.4ClH.8H2O.Zr.3H/h;4*1H;8*1H2;;;;/q;;;;;;;;;;;;;+4;;;/p-4. The Bertz CT molecular complexity index is 36.8. The molecule has 16 N–H and O–H groups in total. The van der Waals surface area contributed by atoms with Crippen molar-refractivity contribution in [1.29, 1.82) is 0 Å². The first kappa shape index (κ1) is 96.7. The molecule has 0 saturated carbocycles. The molecular formula is H19AlCl4O8Zr. The van der Waals surface area contributed by atoms with Crippen LogP contribution in [0.4, 0.5) is 0 Å². The first-order valence-corrected chi connectivity index (χ1v) is 13.4. The van der Waals surface area contributed by atoms with Crippen molar-refractivity contribution >= 4 is 51.4 Å². The van der Waals surface area contributed by atoms with Gasteiger partial charge in [0.25, 0.3) is 0 Å². The average molecular weight is 407 g/mol. The molecule has 0 bridgehead atoms. The molecule has 0 saturated heterocycles. The number of hydrogen-bond acceptors (Lipinski definition) is 0. The molecule has 14 heteroatoms. The molecule has 14 heavy (non-hydrogen) atoms. The second-order valence-corrected chi connectivity index (χ2v) is 22.8. The van der Waals surface area contributed by atoms with Crippen LogP contribution in [0, 0.1) is 0 Å². The van der Waals surface area contributed by atoms with Gasteiger partial charge in [-0.1, -0.05) is 0 Å². The summed E-state index contributed by atoms with van der Waals surface area (Å²) in [5, 5.41) is 0. The molecule has 0 aliphatic heterocycles. The van der Waals surface area contributed by atoms with Crippen LogP contribution < -0.4 is 0 Å².